The zero-order valence-corrected chi connectivity index (χ0v) is 10.1. The van der Waals surface area contributed by atoms with Crippen LogP contribution in [-0.2, 0) is 17.8 Å². The number of rotatable bonds is 6. The van der Waals surface area contributed by atoms with E-state index in [1.165, 1.54) is 4.57 Å². The van der Waals surface area contributed by atoms with E-state index in [1.54, 1.807) is 6.92 Å². The lowest BCUT2D eigenvalue weighted by atomic mass is 10.2. The number of aryl methyl sites for hydroxylation is 1. The molecule has 6 nitrogen and oxygen atoms in total. The van der Waals surface area contributed by atoms with E-state index in [4.69, 9.17) is 0 Å². The molecule has 19 heavy (non-hydrogen) atoms. The van der Waals surface area contributed by atoms with Gasteiger partial charge in [-0.2, -0.15) is 13.2 Å². The Labute approximate surface area is 106 Å². The van der Waals surface area contributed by atoms with E-state index in [0.717, 1.165) is 6.20 Å². The van der Waals surface area contributed by atoms with Gasteiger partial charge < -0.3 is 14.7 Å². The van der Waals surface area contributed by atoms with Crippen LogP contribution in [0.25, 0.3) is 0 Å². The Morgan fingerprint density at radius 3 is 2.63 bits per heavy atom. The minimum atomic E-state index is -4.38. The van der Waals surface area contributed by atoms with Crippen molar-refractivity contribution in [1.82, 2.24) is 9.55 Å². The number of ketones is 1. The first-order chi connectivity index (χ1) is 8.73. The van der Waals surface area contributed by atoms with Gasteiger partial charge in [-0.15, -0.1) is 0 Å². The summed E-state index contributed by atoms with van der Waals surface area (Å²) in [4.78, 5) is 24.9. The second-order valence-corrected chi connectivity index (χ2v) is 3.91. The fourth-order valence-electron chi connectivity index (χ4n) is 1.50. The van der Waals surface area contributed by atoms with E-state index < -0.39 is 35.5 Å². The predicted molar refractivity (Wildman–Crippen MR) is 58.6 cm³/mol. The second-order valence-electron chi connectivity index (χ2n) is 3.91. The first-order valence-electron chi connectivity index (χ1n) is 5.52. The molecule has 0 unspecified atom stereocenters. The third kappa shape index (κ3) is 4.68. The molecule has 0 bridgehead atoms. The van der Waals surface area contributed by atoms with E-state index in [0.29, 0.717) is 12.2 Å². The summed E-state index contributed by atoms with van der Waals surface area (Å²) in [5.41, 5.74) is 0. The SMILES string of the molecule is CCc1nc([N+](=O)[O-])cn1CC(=O)CCC(F)(F)F. The molecule has 0 saturated carbocycles. The van der Waals surface area contributed by atoms with Gasteiger partial charge in [-0.1, -0.05) is 6.92 Å². The van der Waals surface area contributed by atoms with Crippen LogP contribution in [-0.4, -0.2) is 26.4 Å². The monoisotopic (exact) mass is 279 g/mol. The van der Waals surface area contributed by atoms with Crippen molar-refractivity contribution in [1.29, 1.82) is 0 Å². The summed E-state index contributed by atoms with van der Waals surface area (Å²) >= 11 is 0. The maximum Gasteiger partial charge on any atom is 0.389 e. The number of Topliss-reactive ketones (excluding diaryl/α,β-unsaturated/α-hetero) is 1. The summed E-state index contributed by atoms with van der Waals surface area (Å²) in [5, 5.41) is 10.5. The molecule has 1 aromatic heterocycles. The van der Waals surface area contributed by atoms with E-state index >= 15 is 0 Å². The molecule has 1 heterocycles. The average molecular weight is 279 g/mol. The van der Waals surface area contributed by atoms with Crippen molar-refractivity contribution in [2.75, 3.05) is 0 Å². The molecule has 0 aliphatic heterocycles. The number of nitrogens with zero attached hydrogens (tertiary/aromatic N) is 3. The first-order valence-corrected chi connectivity index (χ1v) is 5.52. The van der Waals surface area contributed by atoms with Gasteiger partial charge in [0.25, 0.3) is 0 Å². The smallest absolute Gasteiger partial charge is 0.358 e. The highest BCUT2D eigenvalue weighted by molar-refractivity contribution is 5.78. The van der Waals surface area contributed by atoms with Crippen molar-refractivity contribution in [3.63, 3.8) is 0 Å². The number of carbonyl (C=O) groups excluding carboxylic acids is 1. The molecule has 0 radical (unpaired) electrons. The van der Waals surface area contributed by atoms with Gasteiger partial charge in [0.15, 0.2) is 5.78 Å². The molecule has 1 aromatic rings. The number of alkyl halides is 3. The van der Waals surface area contributed by atoms with Crippen molar-refractivity contribution in [3.05, 3.63) is 22.1 Å². The number of halogens is 3. The molecule has 0 amide bonds. The van der Waals surface area contributed by atoms with Crippen LogP contribution < -0.4 is 0 Å². The maximum absolute atomic E-state index is 11.9. The van der Waals surface area contributed by atoms with Gasteiger partial charge in [-0.25, -0.2) is 0 Å². The summed E-state index contributed by atoms with van der Waals surface area (Å²) in [5.74, 6) is -0.758. The normalized spacial score (nSPS) is 11.6. The highest BCUT2D eigenvalue weighted by Crippen LogP contribution is 2.21. The molecule has 0 atom stereocenters. The summed E-state index contributed by atoms with van der Waals surface area (Å²) in [7, 11) is 0. The third-order valence-corrected chi connectivity index (χ3v) is 2.38. The highest BCUT2D eigenvalue weighted by Gasteiger charge is 2.28. The number of aromatic nitrogens is 2. The van der Waals surface area contributed by atoms with Crippen LogP contribution in [0.4, 0.5) is 19.0 Å². The number of imidazole rings is 1. The largest absolute Gasteiger partial charge is 0.389 e. The lowest BCUT2D eigenvalue weighted by molar-refractivity contribution is -0.389. The molecule has 0 saturated heterocycles. The van der Waals surface area contributed by atoms with Gasteiger partial charge in [-0.3, -0.25) is 4.79 Å². The molecule has 1 rings (SSSR count). The lowest BCUT2D eigenvalue weighted by Crippen LogP contribution is -2.16. The molecule has 0 aliphatic rings. The molecular formula is C10H12F3N3O3. The summed E-state index contributed by atoms with van der Waals surface area (Å²) in [6.45, 7) is 1.35. The maximum atomic E-state index is 11.9. The summed E-state index contributed by atoms with van der Waals surface area (Å²) < 4.78 is 37.1. The standard InChI is InChI=1S/C10H12F3N3O3/c1-2-8-14-9(16(18)19)6-15(8)5-7(17)3-4-10(11,12)13/h6H,2-5H2,1H3. The molecule has 0 aromatic carbocycles. The van der Waals surface area contributed by atoms with Crippen LogP contribution in [0.3, 0.4) is 0 Å². The van der Waals surface area contributed by atoms with E-state index in [-0.39, 0.29) is 6.54 Å². The molecule has 0 spiro atoms. The van der Waals surface area contributed by atoms with Crippen LogP contribution in [0.2, 0.25) is 0 Å². The van der Waals surface area contributed by atoms with Gasteiger partial charge in [0.2, 0.25) is 5.82 Å². The zero-order valence-electron chi connectivity index (χ0n) is 10.1. The molecule has 106 valence electrons. The van der Waals surface area contributed by atoms with Crippen LogP contribution in [0.1, 0.15) is 25.6 Å². The van der Waals surface area contributed by atoms with Gasteiger partial charge in [0, 0.05) is 12.8 Å². The number of nitro groups is 1. The molecule has 0 fully saturated rings. The number of carbonyl (C=O) groups is 1. The molecule has 0 N–H and O–H groups in total. The Balaban J connectivity index is 2.70. The summed E-state index contributed by atoms with van der Waals surface area (Å²) in [6, 6.07) is 0. The fourth-order valence-corrected chi connectivity index (χ4v) is 1.50. The Morgan fingerprint density at radius 2 is 2.16 bits per heavy atom. The van der Waals surface area contributed by atoms with Crippen molar-refractivity contribution in [3.8, 4) is 0 Å². The molecule has 9 heteroatoms. The second kappa shape index (κ2) is 5.81. The Morgan fingerprint density at radius 1 is 1.53 bits per heavy atom. The summed E-state index contributed by atoms with van der Waals surface area (Å²) in [6.07, 6.45) is -4.81. The van der Waals surface area contributed by atoms with E-state index in [2.05, 4.69) is 4.98 Å². The van der Waals surface area contributed by atoms with E-state index in [1.807, 2.05) is 0 Å². The highest BCUT2D eigenvalue weighted by atomic mass is 19.4. The minimum absolute atomic E-state index is 0.298. The predicted octanol–water partition coefficient (Wildman–Crippen LogP) is 2.27. The number of hydrogen-bond acceptors (Lipinski definition) is 4. The topological polar surface area (TPSA) is 78.0 Å². The Hall–Kier alpha value is -1.93. The third-order valence-electron chi connectivity index (χ3n) is 2.38. The van der Waals surface area contributed by atoms with Crippen LogP contribution in [0.5, 0.6) is 0 Å². The van der Waals surface area contributed by atoms with Gasteiger partial charge in [0.1, 0.15) is 6.20 Å². The Kier molecular flexibility index (Phi) is 4.62. The van der Waals surface area contributed by atoms with Gasteiger partial charge >= 0.3 is 12.0 Å². The van der Waals surface area contributed by atoms with Crippen molar-refractivity contribution in [2.45, 2.75) is 38.9 Å². The van der Waals surface area contributed by atoms with Crippen molar-refractivity contribution < 1.29 is 22.9 Å². The average Bonchev–Trinajstić information content (AvgIpc) is 2.69. The molecule has 0 aliphatic carbocycles. The Bertz CT molecular complexity index is 482. The van der Waals surface area contributed by atoms with Crippen molar-refractivity contribution >= 4 is 11.6 Å². The van der Waals surface area contributed by atoms with Gasteiger partial charge in [-0.05, 0) is 9.91 Å². The van der Waals surface area contributed by atoms with E-state index in [9.17, 15) is 28.1 Å². The van der Waals surface area contributed by atoms with Crippen LogP contribution in [0.15, 0.2) is 6.20 Å². The van der Waals surface area contributed by atoms with Crippen molar-refractivity contribution in [2.24, 2.45) is 0 Å². The lowest BCUT2D eigenvalue weighted by Gasteiger charge is -2.06. The zero-order chi connectivity index (χ0) is 14.6. The van der Waals surface area contributed by atoms with Crippen LogP contribution in [0, 0.1) is 10.1 Å². The molecular weight excluding hydrogens is 267 g/mol. The van der Waals surface area contributed by atoms with Crippen LogP contribution >= 0.6 is 0 Å². The number of hydrogen-bond donors (Lipinski definition) is 0. The van der Waals surface area contributed by atoms with Gasteiger partial charge in [0.05, 0.1) is 13.0 Å². The quantitative estimate of drug-likeness (QED) is 0.591. The first kappa shape index (κ1) is 15.1. The minimum Gasteiger partial charge on any atom is -0.358 e. The fraction of sp³-hybridized carbons (Fsp3) is 0.600.